The van der Waals surface area contributed by atoms with Gasteiger partial charge in [0.05, 0.1) is 46.6 Å². The van der Waals surface area contributed by atoms with Crippen LogP contribution in [0.15, 0.2) is 42.2 Å². The van der Waals surface area contributed by atoms with Crippen LogP contribution in [0, 0.1) is 26.7 Å². The minimum absolute atomic E-state index is 0.0103. The van der Waals surface area contributed by atoms with Crippen LogP contribution in [0.25, 0.3) is 0 Å². The molecule has 1 unspecified atom stereocenters. The number of benzene rings is 1. The predicted octanol–water partition coefficient (Wildman–Crippen LogP) is 5.69. The number of thiazole rings is 2. The average molecular weight is 598 g/mol. The summed E-state index contributed by atoms with van der Waals surface area (Å²) in [6.45, 7) is 13.2. The number of anilines is 1. The molecule has 1 aliphatic heterocycles. The third kappa shape index (κ3) is 5.89. The van der Waals surface area contributed by atoms with Crippen LogP contribution in [0.2, 0.25) is 0 Å². The Bertz CT molecular complexity index is 1550. The van der Waals surface area contributed by atoms with Gasteiger partial charge in [-0.05, 0) is 44.4 Å². The first kappa shape index (κ1) is 29.9. The number of aliphatic hydroxyl groups is 1. The third-order valence-electron chi connectivity index (χ3n) is 6.15. The molecule has 0 saturated heterocycles. The van der Waals surface area contributed by atoms with E-state index in [1.807, 2.05) is 13.8 Å². The highest BCUT2D eigenvalue weighted by Crippen LogP contribution is 2.46. The fraction of sp³-hybridized carbons (Fsp3) is 0.345. The van der Waals surface area contributed by atoms with Gasteiger partial charge in [0.2, 0.25) is 5.78 Å². The zero-order valence-electron chi connectivity index (χ0n) is 23.6. The topological polar surface area (TPSA) is 128 Å². The molecule has 3 heterocycles. The Hall–Kier alpha value is -4.03. The summed E-state index contributed by atoms with van der Waals surface area (Å²) in [5, 5.41) is 11.9. The molecule has 0 radical (unpaired) electrons. The molecule has 0 saturated carbocycles. The number of aliphatic hydroxyl groups excluding tert-OH is 1. The van der Waals surface area contributed by atoms with E-state index in [0.29, 0.717) is 44.9 Å². The molecular weight excluding hydrogens is 566 g/mol. The van der Waals surface area contributed by atoms with E-state index in [2.05, 4.69) is 16.5 Å². The molecule has 0 bridgehead atoms. The van der Waals surface area contributed by atoms with Crippen LogP contribution < -0.4 is 14.4 Å². The van der Waals surface area contributed by atoms with E-state index in [9.17, 15) is 19.5 Å². The second kappa shape index (κ2) is 12.2. The molecular formula is C29H31N3O7S2. The molecule has 0 aliphatic carbocycles. The lowest BCUT2D eigenvalue weighted by Gasteiger charge is -2.25. The molecule has 41 heavy (non-hydrogen) atoms. The van der Waals surface area contributed by atoms with E-state index < -0.39 is 29.5 Å². The zero-order chi connectivity index (χ0) is 30.0. The Balaban J connectivity index is 1.86. The zero-order valence-corrected chi connectivity index (χ0v) is 25.3. The minimum atomic E-state index is -1.08. The van der Waals surface area contributed by atoms with Crippen LogP contribution in [0.4, 0.5) is 5.13 Å². The number of methoxy groups -OCH3 is 1. The van der Waals surface area contributed by atoms with E-state index in [0.717, 1.165) is 11.3 Å². The lowest BCUT2D eigenvalue weighted by Crippen LogP contribution is -2.31. The predicted molar refractivity (Wildman–Crippen MR) is 156 cm³/mol. The molecule has 1 aliphatic rings. The molecule has 1 amide bonds. The first-order valence-corrected chi connectivity index (χ1v) is 14.4. The molecule has 12 heteroatoms. The standard InChI is InChI=1S/C29H31N3O7S2/c1-8-11-38-28(36)26-16(5)31-29(41-26)32-22(18-9-10-19(20(12-18)37-7)39-13-14(2)3)21(24(34)27(32)35)23(33)25-15(4)30-17(6)40-25/h8-10,12,14,22,34H,1,11,13H2,2-7H3. The van der Waals surface area contributed by atoms with Gasteiger partial charge in [0.25, 0.3) is 5.91 Å². The maximum absolute atomic E-state index is 13.9. The smallest absolute Gasteiger partial charge is 0.350 e. The summed E-state index contributed by atoms with van der Waals surface area (Å²) in [6, 6.07) is 3.99. The van der Waals surface area contributed by atoms with Crippen LogP contribution in [0.5, 0.6) is 11.5 Å². The lowest BCUT2D eigenvalue weighted by atomic mass is 9.95. The highest BCUT2D eigenvalue weighted by molar-refractivity contribution is 7.17. The Kier molecular flexibility index (Phi) is 8.93. The monoisotopic (exact) mass is 597 g/mol. The molecule has 0 fully saturated rings. The molecule has 2 aromatic heterocycles. The van der Waals surface area contributed by atoms with Crippen LogP contribution in [0.3, 0.4) is 0 Å². The number of nitrogens with zero attached hydrogens (tertiary/aromatic N) is 3. The summed E-state index contributed by atoms with van der Waals surface area (Å²) in [5.74, 6) is -1.51. The van der Waals surface area contributed by atoms with Gasteiger partial charge in [0, 0.05) is 0 Å². The number of Topliss-reactive ketones (excluding diaryl/α,β-unsaturated/α-hetero) is 1. The number of rotatable bonds is 11. The van der Waals surface area contributed by atoms with Crippen molar-refractivity contribution in [3.05, 3.63) is 73.9 Å². The van der Waals surface area contributed by atoms with Gasteiger partial charge < -0.3 is 19.3 Å². The third-order valence-corrected chi connectivity index (χ3v) is 8.36. The second-order valence-electron chi connectivity index (χ2n) is 9.73. The van der Waals surface area contributed by atoms with Crippen molar-refractivity contribution in [2.45, 2.75) is 40.7 Å². The van der Waals surface area contributed by atoms with Gasteiger partial charge >= 0.3 is 5.97 Å². The Labute approximate surface area is 245 Å². The Morgan fingerprint density at radius 3 is 2.44 bits per heavy atom. The van der Waals surface area contributed by atoms with Crippen molar-refractivity contribution in [1.82, 2.24) is 9.97 Å². The van der Waals surface area contributed by atoms with Gasteiger partial charge in [-0.3, -0.25) is 14.5 Å². The largest absolute Gasteiger partial charge is 0.503 e. The van der Waals surface area contributed by atoms with Crippen molar-refractivity contribution in [2.75, 3.05) is 25.2 Å². The number of carbonyl (C=O) groups excluding carboxylic acids is 3. The highest BCUT2D eigenvalue weighted by Gasteiger charge is 2.47. The molecule has 216 valence electrons. The van der Waals surface area contributed by atoms with Crippen LogP contribution in [-0.2, 0) is 9.53 Å². The number of hydrogen-bond donors (Lipinski definition) is 1. The van der Waals surface area contributed by atoms with E-state index >= 15 is 0 Å². The van der Waals surface area contributed by atoms with Gasteiger partial charge in [-0.25, -0.2) is 14.8 Å². The fourth-order valence-corrected chi connectivity index (χ4v) is 6.18. The maximum atomic E-state index is 13.9. The fourth-order valence-electron chi connectivity index (χ4n) is 4.32. The molecule has 10 nitrogen and oxygen atoms in total. The molecule has 1 N–H and O–H groups in total. The summed E-state index contributed by atoms with van der Waals surface area (Å²) in [4.78, 5) is 50.7. The van der Waals surface area contributed by atoms with Crippen molar-refractivity contribution < 1.29 is 33.7 Å². The van der Waals surface area contributed by atoms with Crippen molar-refractivity contribution >= 4 is 45.5 Å². The van der Waals surface area contributed by atoms with Gasteiger partial charge in [0.15, 0.2) is 22.4 Å². The van der Waals surface area contributed by atoms with Crippen molar-refractivity contribution in [1.29, 1.82) is 0 Å². The number of ether oxygens (including phenoxy) is 3. The minimum Gasteiger partial charge on any atom is -0.503 e. The van der Waals surface area contributed by atoms with Crippen molar-refractivity contribution in [3.63, 3.8) is 0 Å². The van der Waals surface area contributed by atoms with Crippen LogP contribution >= 0.6 is 22.7 Å². The molecule has 0 spiro atoms. The number of hydrogen-bond acceptors (Lipinski definition) is 11. The number of esters is 1. The Morgan fingerprint density at radius 2 is 1.83 bits per heavy atom. The molecule has 1 atom stereocenters. The first-order valence-electron chi connectivity index (χ1n) is 12.8. The Morgan fingerprint density at radius 1 is 1.12 bits per heavy atom. The normalized spacial score (nSPS) is 15.0. The number of ketones is 1. The number of amides is 1. The van der Waals surface area contributed by atoms with Crippen molar-refractivity contribution in [2.24, 2.45) is 5.92 Å². The second-order valence-corrected chi connectivity index (χ2v) is 11.9. The average Bonchev–Trinajstić information content (AvgIpc) is 3.57. The molecule has 4 rings (SSSR count). The van der Waals surface area contributed by atoms with Gasteiger partial charge in [-0.15, -0.1) is 11.3 Å². The SMILES string of the molecule is C=CCOC(=O)c1sc(N2C(=O)C(O)=C(C(=O)c3sc(C)nc3C)C2c2ccc(OCC(C)C)c(OC)c2)nc1C. The van der Waals surface area contributed by atoms with Crippen LogP contribution in [0.1, 0.15) is 61.2 Å². The summed E-state index contributed by atoms with van der Waals surface area (Å²) < 4.78 is 16.6. The van der Waals surface area contributed by atoms with E-state index in [4.69, 9.17) is 14.2 Å². The summed E-state index contributed by atoms with van der Waals surface area (Å²) in [6.07, 6.45) is 1.44. The van der Waals surface area contributed by atoms with Gasteiger partial charge in [0.1, 0.15) is 11.5 Å². The van der Waals surface area contributed by atoms with Gasteiger partial charge in [-0.2, -0.15) is 0 Å². The number of carbonyl (C=O) groups is 3. The highest BCUT2D eigenvalue weighted by atomic mass is 32.1. The maximum Gasteiger partial charge on any atom is 0.350 e. The van der Waals surface area contributed by atoms with E-state index in [-0.39, 0.29) is 28.1 Å². The number of aromatic nitrogens is 2. The van der Waals surface area contributed by atoms with E-state index in [1.165, 1.54) is 29.4 Å². The summed E-state index contributed by atoms with van der Waals surface area (Å²) >= 11 is 2.11. The van der Waals surface area contributed by atoms with Crippen LogP contribution in [-0.4, -0.2) is 53.1 Å². The summed E-state index contributed by atoms with van der Waals surface area (Å²) in [5.41, 5.74) is 1.19. The molecule has 1 aromatic carbocycles. The summed E-state index contributed by atoms with van der Waals surface area (Å²) in [7, 11) is 1.49. The quantitative estimate of drug-likeness (QED) is 0.168. The van der Waals surface area contributed by atoms with Crippen molar-refractivity contribution in [3.8, 4) is 11.5 Å². The van der Waals surface area contributed by atoms with Gasteiger partial charge in [-0.1, -0.05) is 43.9 Å². The lowest BCUT2D eigenvalue weighted by molar-refractivity contribution is -0.117. The molecule has 3 aromatic rings. The first-order chi connectivity index (χ1) is 19.5. The number of aryl methyl sites for hydroxylation is 3. The van der Waals surface area contributed by atoms with E-state index in [1.54, 1.807) is 39.0 Å².